The molecule has 60 valence electrons. The molecule has 0 aliphatic carbocycles. The highest BCUT2D eigenvalue weighted by Gasteiger charge is 1.90. The summed E-state index contributed by atoms with van der Waals surface area (Å²) in [5.41, 5.74) is 2.73. The number of nitrogens with zero attached hydrogens (tertiary/aromatic N) is 1. The lowest BCUT2D eigenvalue weighted by Gasteiger charge is -1.99. The Labute approximate surface area is 63.7 Å². The van der Waals surface area contributed by atoms with E-state index in [1.54, 1.807) is 0 Å². The van der Waals surface area contributed by atoms with Crippen LogP contribution in [0.15, 0.2) is 5.10 Å². The molecule has 0 radical (unpaired) electrons. The summed E-state index contributed by atoms with van der Waals surface area (Å²) in [6.45, 7) is 4.49. The summed E-state index contributed by atoms with van der Waals surface area (Å²) in [5, 5.41) is 3.89. The van der Waals surface area contributed by atoms with E-state index in [-0.39, 0.29) is 0 Å². The molecule has 0 spiro atoms. The predicted octanol–water partition coefficient (Wildman–Crippen LogP) is 2.02. The van der Waals surface area contributed by atoms with Gasteiger partial charge in [0.1, 0.15) is 0 Å². The van der Waals surface area contributed by atoms with E-state index in [1.807, 2.05) is 13.3 Å². The van der Waals surface area contributed by atoms with Crippen LogP contribution < -0.4 is 5.43 Å². The van der Waals surface area contributed by atoms with Gasteiger partial charge in [0.15, 0.2) is 0 Å². The Bertz CT molecular complexity index is 87.3. The minimum atomic E-state index is 0.822. The lowest BCUT2D eigenvalue weighted by Crippen LogP contribution is -1.94. The van der Waals surface area contributed by atoms with Crippen molar-refractivity contribution in [3.63, 3.8) is 0 Å². The molecule has 0 fully saturated rings. The maximum absolute atomic E-state index is 3.89. The normalized spacial score (nSPS) is 11.2. The molecule has 2 nitrogen and oxygen atoms in total. The number of rotatable bonds is 5. The lowest BCUT2D eigenvalue weighted by atomic mass is 10.1. The fourth-order valence-electron chi connectivity index (χ4n) is 0.773. The fraction of sp³-hybridized carbons (Fsp3) is 0.875. The zero-order chi connectivity index (χ0) is 7.82. The Balaban J connectivity index is 2.97. The van der Waals surface area contributed by atoms with Crippen molar-refractivity contribution in [2.75, 3.05) is 7.05 Å². The van der Waals surface area contributed by atoms with Gasteiger partial charge in [-0.3, -0.25) is 0 Å². The number of unbranched alkanes of at least 4 members (excludes halogenated alkanes) is 1. The quantitative estimate of drug-likeness (QED) is 0.354. The molecular formula is C8H18N2. The minimum Gasteiger partial charge on any atom is -0.313 e. The third-order valence-electron chi connectivity index (χ3n) is 1.34. The third kappa shape index (κ3) is 7.47. The number of hydrazone groups is 1. The topological polar surface area (TPSA) is 24.4 Å². The van der Waals surface area contributed by atoms with E-state index in [4.69, 9.17) is 0 Å². The molecule has 0 aliphatic rings. The van der Waals surface area contributed by atoms with Gasteiger partial charge >= 0.3 is 0 Å². The smallest absolute Gasteiger partial charge is 0.0242 e. The molecule has 0 saturated heterocycles. The van der Waals surface area contributed by atoms with Crippen molar-refractivity contribution >= 4 is 6.21 Å². The van der Waals surface area contributed by atoms with Gasteiger partial charge in [-0.15, -0.1) is 0 Å². The number of hydrogen-bond acceptors (Lipinski definition) is 2. The van der Waals surface area contributed by atoms with Crippen molar-refractivity contribution < 1.29 is 0 Å². The van der Waals surface area contributed by atoms with E-state index in [0.29, 0.717) is 0 Å². The van der Waals surface area contributed by atoms with Gasteiger partial charge in [0.25, 0.3) is 0 Å². The standard InChI is InChI=1S/C8H18N2/c1-8(2)6-4-5-7-10-9-3/h7-9H,4-6H2,1-3H3/b10-7+. The van der Waals surface area contributed by atoms with E-state index in [1.165, 1.54) is 12.8 Å². The second-order valence-electron chi connectivity index (χ2n) is 2.86. The van der Waals surface area contributed by atoms with Crippen LogP contribution in [0, 0.1) is 5.92 Å². The van der Waals surface area contributed by atoms with Crippen molar-refractivity contribution in [1.82, 2.24) is 5.43 Å². The number of hydrogen-bond donors (Lipinski definition) is 1. The average molecular weight is 142 g/mol. The van der Waals surface area contributed by atoms with Gasteiger partial charge in [-0.1, -0.05) is 20.3 Å². The molecule has 0 amide bonds. The molecule has 1 N–H and O–H groups in total. The van der Waals surface area contributed by atoms with E-state index in [9.17, 15) is 0 Å². The predicted molar refractivity (Wildman–Crippen MR) is 46.2 cm³/mol. The number of nitrogens with one attached hydrogen (secondary N) is 1. The van der Waals surface area contributed by atoms with E-state index in [0.717, 1.165) is 12.3 Å². The van der Waals surface area contributed by atoms with Crippen LogP contribution in [0.1, 0.15) is 33.1 Å². The van der Waals surface area contributed by atoms with Crippen LogP contribution in [0.3, 0.4) is 0 Å². The molecular weight excluding hydrogens is 124 g/mol. The summed E-state index contributed by atoms with van der Waals surface area (Å²) < 4.78 is 0. The summed E-state index contributed by atoms with van der Waals surface area (Å²) in [7, 11) is 1.82. The molecule has 0 aromatic rings. The summed E-state index contributed by atoms with van der Waals surface area (Å²) in [6.07, 6.45) is 5.58. The molecule has 0 atom stereocenters. The van der Waals surface area contributed by atoms with E-state index < -0.39 is 0 Å². The van der Waals surface area contributed by atoms with Gasteiger partial charge in [0.2, 0.25) is 0 Å². The lowest BCUT2D eigenvalue weighted by molar-refractivity contribution is 0.566. The maximum Gasteiger partial charge on any atom is 0.0242 e. The van der Waals surface area contributed by atoms with Crippen molar-refractivity contribution in [3.8, 4) is 0 Å². The van der Waals surface area contributed by atoms with Gasteiger partial charge in [0, 0.05) is 13.3 Å². The molecule has 0 rings (SSSR count). The molecule has 0 aromatic carbocycles. The molecule has 0 saturated carbocycles. The Morgan fingerprint density at radius 3 is 2.70 bits per heavy atom. The molecule has 0 unspecified atom stereocenters. The van der Waals surface area contributed by atoms with Crippen LogP contribution in [0.4, 0.5) is 0 Å². The monoisotopic (exact) mass is 142 g/mol. The molecule has 0 bridgehead atoms. The Kier molecular flexibility index (Phi) is 6.24. The van der Waals surface area contributed by atoms with Crippen LogP contribution in [0.5, 0.6) is 0 Å². The highest BCUT2D eigenvalue weighted by molar-refractivity contribution is 5.56. The van der Waals surface area contributed by atoms with Crippen molar-refractivity contribution in [2.45, 2.75) is 33.1 Å². The fourth-order valence-corrected chi connectivity index (χ4v) is 0.773. The maximum atomic E-state index is 3.89. The third-order valence-corrected chi connectivity index (χ3v) is 1.34. The van der Waals surface area contributed by atoms with E-state index in [2.05, 4.69) is 24.4 Å². The Hall–Kier alpha value is -0.530. The summed E-state index contributed by atoms with van der Waals surface area (Å²) in [5.74, 6) is 0.822. The Morgan fingerprint density at radius 1 is 1.50 bits per heavy atom. The molecule has 0 aromatic heterocycles. The summed E-state index contributed by atoms with van der Waals surface area (Å²) in [4.78, 5) is 0. The van der Waals surface area contributed by atoms with Crippen molar-refractivity contribution in [1.29, 1.82) is 0 Å². The van der Waals surface area contributed by atoms with Gasteiger partial charge < -0.3 is 5.43 Å². The van der Waals surface area contributed by atoms with Crippen LogP contribution in [0.2, 0.25) is 0 Å². The zero-order valence-corrected chi connectivity index (χ0v) is 7.22. The van der Waals surface area contributed by atoms with Crippen LogP contribution >= 0.6 is 0 Å². The minimum absolute atomic E-state index is 0.822. The summed E-state index contributed by atoms with van der Waals surface area (Å²) in [6, 6.07) is 0. The first-order chi connectivity index (χ1) is 4.77. The van der Waals surface area contributed by atoms with Gasteiger partial charge in [0.05, 0.1) is 0 Å². The van der Waals surface area contributed by atoms with Gasteiger partial charge in [-0.2, -0.15) is 5.10 Å². The van der Waals surface area contributed by atoms with Gasteiger partial charge in [-0.25, -0.2) is 0 Å². The second kappa shape index (κ2) is 6.59. The SMILES string of the molecule is CN/N=C/CCCC(C)C. The van der Waals surface area contributed by atoms with Crippen LogP contribution in [0.25, 0.3) is 0 Å². The van der Waals surface area contributed by atoms with Crippen LogP contribution in [-0.4, -0.2) is 13.3 Å². The highest BCUT2D eigenvalue weighted by Crippen LogP contribution is 2.04. The van der Waals surface area contributed by atoms with Gasteiger partial charge in [-0.05, 0) is 18.8 Å². The zero-order valence-electron chi connectivity index (χ0n) is 7.22. The first kappa shape index (κ1) is 9.47. The largest absolute Gasteiger partial charge is 0.313 e. The van der Waals surface area contributed by atoms with Crippen LogP contribution in [-0.2, 0) is 0 Å². The average Bonchev–Trinajstić information content (AvgIpc) is 1.87. The highest BCUT2D eigenvalue weighted by atomic mass is 15.3. The second-order valence-corrected chi connectivity index (χ2v) is 2.86. The first-order valence-corrected chi connectivity index (χ1v) is 3.95. The van der Waals surface area contributed by atoms with Crippen molar-refractivity contribution in [3.05, 3.63) is 0 Å². The summed E-state index contributed by atoms with van der Waals surface area (Å²) >= 11 is 0. The first-order valence-electron chi connectivity index (χ1n) is 3.95. The molecule has 0 heterocycles. The Morgan fingerprint density at radius 2 is 2.20 bits per heavy atom. The molecule has 10 heavy (non-hydrogen) atoms. The molecule has 0 aliphatic heterocycles. The van der Waals surface area contributed by atoms with Crippen molar-refractivity contribution in [2.24, 2.45) is 11.0 Å². The molecule has 2 heteroatoms. The van der Waals surface area contributed by atoms with E-state index >= 15 is 0 Å².